The Labute approximate surface area is 103 Å². The lowest BCUT2D eigenvalue weighted by Crippen LogP contribution is -2.14. The standard InChI is InChI=1S/C11H14N4OS/c1-3-7-4-5-9(17-7)11(16)14-10-8(12)6-13-15(10)2/h4-6H,3,12H2,1-2H3,(H,14,16). The molecule has 0 saturated carbocycles. The maximum Gasteiger partial charge on any atom is 0.266 e. The van der Waals surface area contributed by atoms with Crippen molar-refractivity contribution in [2.24, 2.45) is 7.05 Å². The lowest BCUT2D eigenvalue weighted by atomic mass is 10.3. The molecular formula is C11H14N4OS. The van der Waals surface area contributed by atoms with Crippen LogP contribution in [0.3, 0.4) is 0 Å². The molecule has 6 heteroatoms. The summed E-state index contributed by atoms with van der Waals surface area (Å²) in [6, 6.07) is 3.79. The molecule has 2 heterocycles. The normalized spacial score (nSPS) is 10.5. The van der Waals surface area contributed by atoms with Crippen LogP contribution in [0, 0.1) is 0 Å². The number of hydrogen-bond donors (Lipinski definition) is 2. The molecular weight excluding hydrogens is 236 g/mol. The highest BCUT2D eigenvalue weighted by molar-refractivity contribution is 7.14. The number of nitrogens with zero attached hydrogens (tertiary/aromatic N) is 2. The molecule has 0 atom stereocenters. The fraction of sp³-hybridized carbons (Fsp3) is 0.273. The summed E-state index contributed by atoms with van der Waals surface area (Å²) in [6.45, 7) is 2.06. The molecule has 2 aromatic rings. The summed E-state index contributed by atoms with van der Waals surface area (Å²) in [5.41, 5.74) is 6.17. The number of aryl methyl sites for hydroxylation is 2. The van der Waals surface area contributed by atoms with Crippen molar-refractivity contribution >= 4 is 28.7 Å². The van der Waals surface area contributed by atoms with E-state index < -0.39 is 0 Å². The maximum atomic E-state index is 11.9. The minimum absolute atomic E-state index is 0.148. The van der Waals surface area contributed by atoms with Gasteiger partial charge in [0.1, 0.15) is 0 Å². The van der Waals surface area contributed by atoms with Gasteiger partial charge in [-0.05, 0) is 18.6 Å². The smallest absolute Gasteiger partial charge is 0.266 e. The average molecular weight is 250 g/mol. The minimum atomic E-state index is -0.148. The van der Waals surface area contributed by atoms with E-state index in [1.54, 1.807) is 11.7 Å². The van der Waals surface area contributed by atoms with Gasteiger partial charge in [0.15, 0.2) is 5.82 Å². The number of amides is 1. The van der Waals surface area contributed by atoms with Crippen molar-refractivity contribution in [3.8, 4) is 0 Å². The highest BCUT2D eigenvalue weighted by atomic mass is 32.1. The number of rotatable bonds is 3. The van der Waals surface area contributed by atoms with Crippen molar-refractivity contribution < 1.29 is 4.79 Å². The van der Waals surface area contributed by atoms with Gasteiger partial charge >= 0.3 is 0 Å². The van der Waals surface area contributed by atoms with E-state index in [9.17, 15) is 4.79 Å². The molecule has 90 valence electrons. The van der Waals surface area contributed by atoms with E-state index in [2.05, 4.69) is 17.3 Å². The molecule has 0 aliphatic carbocycles. The van der Waals surface area contributed by atoms with Crippen LogP contribution in [-0.2, 0) is 13.5 Å². The van der Waals surface area contributed by atoms with Crippen LogP contribution >= 0.6 is 11.3 Å². The van der Waals surface area contributed by atoms with E-state index in [1.807, 2.05) is 12.1 Å². The van der Waals surface area contributed by atoms with Gasteiger partial charge in [-0.15, -0.1) is 11.3 Å². The minimum Gasteiger partial charge on any atom is -0.394 e. The van der Waals surface area contributed by atoms with Crippen molar-refractivity contribution in [3.63, 3.8) is 0 Å². The second-order valence-electron chi connectivity index (χ2n) is 3.65. The van der Waals surface area contributed by atoms with Crippen LogP contribution in [0.2, 0.25) is 0 Å². The van der Waals surface area contributed by atoms with Crippen molar-refractivity contribution in [2.45, 2.75) is 13.3 Å². The first kappa shape index (κ1) is 11.7. The summed E-state index contributed by atoms with van der Waals surface area (Å²) >= 11 is 1.49. The Morgan fingerprint density at radius 1 is 1.59 bits per heavy atom. The molecule has 0 aliphatic rings. The van der Waals surface area contributed by atoms with Gasteiger partial charge in [0.05, 0.1) is 16.8 Å². The Balaban J connectivity index is 2.17. The summed E-state index contributed by atoms with van der Waals surface area (Å²) in [6.07, 6.45) is 2.45. The van der Waals surface area contributed by atoms with Crippen molar-refractivity contribution in [2.75, 3.05) is 11.1 Å². The van der Waals surface area contributed by atoms with Gasteiger partial charge in [0, 0.05) is 11.9 Å². The summed E-state index contributed by atoms with van der Waals surface area (Å²) < 4.78 is 1.54. The van der Waals surface area contributed by atoms with Gasteiger partial charge in [0.2, 0.25) is 0 Å². The molecule has 0 radical (unpaired) electrons. The number of aromatic nitrogens is 2. The maximum absolute atomic E-state index is 11.9. The highest BCUT2D eigenvalue weighted by Gasteiger charge is 2.13. The van der Waals surface area contributed by atoms with E-state index in [1.165, 1.54) is 22.4 Å². The number of carbonyl (C=O) groups excluding carboxylic acids is 1. The molecule has 0 saturated heterocycles. The molecule has 17 heavy (non-hydrogen) atoms. The monoisotopic (exact) mass is 250 g/mol. The van der Waals surface area contributed by atoms with Crippen LogP contribution in [-0.4, -0.2) is 15.7 Å². The number of carbonyl (C=O) groups is 1. The highest BCUT2D eigenvalue weighted by Crippen LogP contribution is 2.21. The molecule has 0 bridgehead atoms. The third-order valence-electron chi connectivity index (χ3n) is 2.43. The van der Waals surface area contributed by atoms with Crippen molar-refractivity contribution in [1.82, 2.24) is 9.78 Å². The lowest BCUT2D eigenvalue weighted by molar-refractivity contribution is 0.102. The Morgan fingerprint density at radius 3 is 2.88 bits per heavy atom. The third-order valence-corrected chi connectivity index (χ3v) is 3.66. The van der Waals surface area contributed by atoms with Gasteiger partial charge in [-0.2, -0.15) is 5.10 Å². The number of nitrogens with one attached hydrogen (secondary N) is 1. The number of hydrogen-bond acceptors (Lipinski definition) is 4. The van der Waals surface area contributed by atoms with Gasteiger partial charge < -0.3 is 11.1 Å². The van der Waals surface area contributed by atoms with Crippen LogP contribution in [0.15, 0.2) is 18.3 Å². The third kappa shape index (κ3) is 2.31. The number of thiophene rings is 1. The molecule has 1 amide bonds. The van der Waals surface area contributed by atoms with Gasteiger partial charge in [-0.25, -0.2) is 0 Å². The van der Waals surface area contributed by atoms with Crippen LogP contribution in [0.5, 0.6) is 0 Å². The molecule has 3 N–H and O–H groups in total. The number of nitrogen functional groups attached to an aromatic ring is 1. The fourth-order valence-electron chi connectivity index (χ4n) is 1.47. The molecule has 2 rings (SSSR count). The van der Waals surface area contributed by atoms with E-state index in [4.69, 9.17) is 5.73 Å². The number of nitrogens with two attached hydrogens (primary N) is 1. The van der Waals surface area contributed by atoms with Gasteiger partial charge in [-0.1, -0.05) is 6.92 Å². The molecule has 0 spiro atoms. The van der Waals surface area contributed by atoms with E-state index in [0.29, 0.717) is 16.4 Å². The quantitative estimate of drug-likeness (QED) is 0.873. The molecule has 0 aromatic carbocycles. The SMILES string of the molecule is CCc1ccc(C(=O)Nc2c(N)cnn2C)s1. The van der Waals surface area contributed by atoms with Crippen LogP contribution in [0.25, 0.3) is 0 Å². The summed E-state index contributed by atoms with van der Waals surface area (Å²) in [5, 5.41) is 6.72. The summed E-state index contributed by atoms with van der Waals surface area (Å²) in [7, 11) is 1.73. The van der Waals surface area contributed by atoms with Crippen molar-refractivity contribution in [3.05, 3.63) is 28.1 Å². The second-order valence-corrected chi connectivity index (χ2v) is 4.81. The van der Waals surface area contributed by atoms with Crippen LogP contribution in [0.1, 0.15) is 21.5 Å². The van der Waals surface area contributed by atoms with E-state index in [0.717, 1.165) is 6.42 Å². The Hall–Kier alpha value is -1.82. The lowest BCUT2D eigenvalue weighted by Gasteiger charge is -2.04. The van der Waals surface area contributed by atoms with Crippen LogP contribution in [0.4, 0.5) is 11.5 Å². The van der Waals surface area contributed by atoms with Crippen molar-refractivity contribution in [1.29, 1.82) is 0 Å². The molecule has 0 unspecified atom stereocenters. The van der Waals surface area contributed by atoms with Crippen LogP contribution < -0.4 is 11.1 Å². The van der Waals surface area contributed by atoms with E-state index in [-0.39, 0.29) is 5.91 Å². The zero-order chi connectivity index (χ0) is 12.4. The summed E-state index contributed by atoms with van der Waals surface area (Å²) in [4.78, 5) is 13.8. The number of anilines is 2. The topological polar surface area (TPSA) is 72.9 Å². The molecule has 5 nitrogen and oxygen atoms in total. The Bertz CT molecular complexity index is 524. The first-order chi connectivity index (χ1) is 8.11. The fourth-order valence-corrected chi connectivity index (χ4v) is 2.31. The van der Waals surface area contributed by atoms with Gasteiger partial charge in [-0.3, -0.25) is 9.48 Å². The average Bonchev–Trinajstić information content (AvgIpc) is 2.90. The Morgan fingerprint density at radius 2 is 2.35 bits per heavy atom. The first-order valence-electron chi connectivity index (χ1n) is 5.29. The molecule has 0 aliphatic heterocycles. The molecule has 0 fully saturated rings. The first-order valence-corrected chi connectivity index (χ1v) is 6.11. The summed E-state index contributed by atoms with van der Waals surface area (Å²) in [5.74, 6) is 0.381. The zero-order valence-electron chi connectivity index (χ0n) is 9.73. The predicted molar refractivity (Wildman–Crippen MR) is 69.3 cm³/mol. The Kier molecular flexibility index (Phi) is 3.14. The van der Waals surface area contributed by atoms with Gasteiger partial charge in [0.25, 0.3) is 5.91 Å². The largest absolute Gasteiger partial charge is 0.394 e. The predicted octanol–water partition coefficient (Wildman–Crippen LogP) is 1.88. The second kappa shape index (κ2) is 4.58. The zero-order valence-corrected chi connectivity index (χ0v) is 10.5. The van der Waals surface area contributed by atoms with E-state index >= 15 is 0 Å². The molecule has 2 aromatic heterocycles.